The van der Waals surface area contributed by atoms with Gasteiger partial charge in [-0.05, 0) is 70.2 Å². The minimum atomic E-state index is -0.411. The van der Waals surface area contributed by atoms with Crippen molar-refractivity contribution in [2.75, 3.05) is 48.3 Å². The quantitative estimate of drug-likeness (QED) is 0.144. The van der Waals surface area contributed by atoms with E-state index in [2.05, 4.69) is 49.4 Å². The highest BCUT2D eigenvalue weighted by Crippen LogP contribution is 2.35. The van der Waals surface area contributed by atoms with Crippen LogP contribution >= 0.6 is 0 Å². The molecule has 0 unspecified atom stereocenters. The van der Waals surface area contributed by atoms with Gasteiger partial charge in [-0.15, -0.1) is 0 Å². The molecule has 0 aliphatic carbocycles. The van der Waals surface area contributed by atoms with Gasteiger partial charge in [0.25, 0.3) is 0 Å². The van der Waals surface area contributed by atoms with Crippen molar-refractivity contribution >= 4 is 23.2 Å². The number of benzene rings is 3. The fourth-order valence-corrected chi connectivity index (χ4v) is 7.66. The molecule has 2 aliphatic rings. The fourth-order valence-electron chi connectivity index (χ4n) is 7.66. The molecule has 1 saturated heterocycles. The number of likely N-dealkylation sites (tertiary alicyclic amines) is 1. The molecule has 284 valence electrons. The number of carbonyl (C=O) groups is 2. The van der Waals surface area contributed by atoms with Crippen molar-refractivity contribution in [2.24, 2.45) is 4.99 Å². The molecule has 0 radical (unpaired) electrons. The van der Waals surface area contributed by atoms with Crippen molar-refractivity contribution in [3.8, 4) is 11.3 Å². The maximum atomic E-state index is 13.9. The zero-order valence-corrected chi connectivity index (χ0v) is 32.4. The van der Waals surface area contributed by atoms with E-state index in [0.29, 0.717) is 18.9 Å². The normalized spacial score (nSPS) is 17.6. The number of amides is 2. The van der Waals surface area contributed by atoms with Gasteiger partial charge in [0.1, 0.15) is 23.7 Å². The lowest BCUT2D eigenvalue weighted by Gasteiger charge is -2.31. The Labute approximate surface area is 323 Å². The molecule has 2 aliphatic heterocycles. The van der Waals surface area contributed by atoms with Crippen molar-refractivity contribution in [1.29, 1.82) is 0 Å². The number of aliphatic imine (C=N–C) groups is 1. The van der Waals surface area contributed by atoms with Crippen LogP contribution in [0.4, 0.5) is 0 Å². The molecule has 5 aromatic rings. The van der Waals surface area contributed by atoms with Gasteiger partial charge in [-0.25, -0.2) is 9.97 Å². The Balaban J connectivity index is 1.01. The maximum absolute atomic E-state index is 13.9. The number of imidazole rings is 2. The van der Waals surface area contributed by atoms with Crippen LogP contribution in [0, 0.1) is 0 Å². The number of carbonyl (C=O) groups excluding carboxylic acids is 2. The van der Waals surface area contributed by atoms with Crippen molar-refractivity contribution in [2.45, 2.75) is 43.9 Å². The molecule has 0 saturated carbocycles. The molecule has 2 amide bonds. The first-order valence-corrected chi connectivity index (χ1v) is 18.8. The molecule has 3 N–H and O–H groups in total. The molecule has 12 heteroatoms. The first-order chi connectivity index (χ1) is 26.6. The predicted molar refractivity (Wildman–Crippen MR) is 216 cm³/mol. The van der Waals surface area contributed by atoms with Gasteiger partial charge >= 0.3 is 0 Å². The second-order valence-electron chi connectivity index (χ2n) is 14.9. The van der Waals surface area contributed by atoms with Gasteiger partial charge in [-0.3, -0.25) is 24.4 Å². The van der Waals surface area contributed by atoms with E-state index in [1.807, 2.05) is 130 Å². The topological polar surface area (TPSA) is 129 Å². The number of aromatic nitrogens is 4. The van der Waals surface area contributed by atoms with E-state index in [9.17, 15) is 9.59 Å². The highest BCUT2D eigenvalue weighted by Gasteiger charge is 2.37. The number of rotatable bonds is 12. The van der Waals surface area contributed by atoms with Gasteiger partial charge in [0.05, 0.1) is 60.0 Å². The lowest BCUT2D eigenvalue weighted by atomic mass is 10.0. The van der Waals surface area contributed by atoms with Crippen LogP contribution in [-0.2, 0) is 9.59 Å². The SMILES string of the molecule is C[C@H](NC(=O)[C@@H](c1ccccc1)N(C)C)c1ncc(C2=NC=C(c3ccc(-c4cnc([C@@H]5CCCN5C(=O)[C@@H](c5ccccc5)N(C)C)[nH]4)cc3)N(C)C2)[nH]1. The van der Waals surface area contributed by atoms with Gasteiger partial charge < -0.3 is 25.1 Å². The molecule has 0 spiro atoms. The Bertz CT molecular complexity index is 2150. The summed E-state index contributed by atoms with van der Waals surface area (Å²) in [6, 6.07) is 26.9. The molecule has 3 aromatic carbocycles. The molecule has 4 heterocycles. The largest absolute Gasteiger partial charge is 0.367 e. The van der Waals surface area contributed by atoms with E-state index in [-0.39, 0.29) is 29.9 Å². The van der Waals surface area contributed by atoms with Crippen molar-refractivity contribution in [3.63, 3.8) is 0 Å². The van der Waals surface area contributed by atoms with Crippen molar-refractivity contribution in [3.05, 3.63) is 138 Å². The number of hydrogen-bond donors (Lipinski definition) is 3. The summed E-state index contributed by atoms with van der Waals surface area (Å²) in [6.07, 6.45) is 7.34. The summed E-state index contributed by atoms with van der Waals surface area (Å²) < 4.78 is 0. The smallest absolute Gasteiger partial charge is 0.245 e. The summed E-state index contributed by atoms with van der Waals surface area (Å²) in [5.41, 5.74) is 7.59. The van der Waals surface area contributed by atoms with Gasteiger partial charge in [-0.2, -0.15) is 0 Å². The Morgan fingerprint density at radius 1 is 0.800 bits per heavy atom. The van der Waals surface area contributed by atoms with E-state index in [1.165, 1.54) is 0 Å². The maximum Gasteiger partial charge on any atom is 0.245 e. The number of nitrogens with zero attached hydrogens (tertiary/aromatic N) is 7. The average Bonchev–Trinajstić information content (AvgIpc) is 3.98. The second-order valence-corrected chi connectivity index (χ2v) is 14.9. The van der Waals surface area contributed by atoms with E-state index in [0.717, 1.165) is 63.7 Å². The zero-order chi connectivity index (χ0) is 38.6. The van der Waals surface area contributed by atoms with E-state index in [1.54, 1.807) is 6.20 Å². The molecule has 7 rings (SSSR count). The van der Waals surface area contributed by atoms with Crippen LogP contribution in [0.3, 0.4) is 0 Å². The molecular formula is C43H50N10O2. The third kappa shape index (κ3) is 8.01. The standard InChI is InChI=1S/C43H50N10O2/c1-28(47-42(54)38(50(2)3)31-14-9-7-10-15-31)40-45-25-34(49-40)35-27-52(6)37(26-44-35)30-21-19-29(20-22-30)33-24-46-41(48-33)36-18-13-23-53(36)43(55)39(51(4)5)32-16-11-8-12-17-32/h7-12,14-17,19-22,24-26,28,36,38-39H,13,18,23,27H2,1-6H3,(H,45,49)(H,46,48)(H,47,54)/t28-,36-,38+,39+/m0/s1. The number of hydrogen-bond acceptors (Lipinski definition) is 8. The van der Waals surface area contributed by atoms with Gasteiger partial charge in [-0.1, -0.05) is 84.9 Å². The number of H-pyrrole nitrogens is 2. The summed E-state index contributed by atoms with van der Waals surface area (Å²) in [7, 11) is 9.76. The third-order valence-electron chi connectivity index (χ3n) is 10.5. The number of likely N-dealkylation sites (N-methyl/N-ethyl adjacent to an activating group) is 3. The summed E-state index contributed by atoms with van der Waals surface area (Å²) in [6.45, 7) is 3.23. The molecule has 0 bridgehead atoms. The van der Waals surface area contributed by atoms with Crippen LogP contribution in [0.2, 0.25) is 0 Å². The van der Waals surface area contributed by atoms with Crippen LogP contribution in [0.15, 0.2) is 109 Å². The fraction of sp³-hybridized carbons (Fsp3) is 0.326. The Morgan fingerprint density at radius 2 is 1.42 bits per heavy atom. The summed E-state index contributed by atoms with van der Waals surface area (Å²) in [5.74, 6) is 1.49. The van der Waals surface area contributed by atoms with Gasteiger partial charge in [0.2, 0.25) is 11.8 Å². The van der Waals surface area contributed by atoms with Crippen molar-refractivity contribution < 1.29 is 9.59 Å². The number of nitrogens with one attached hydrogen (secondary N) is 3. The number of aromatic amines is 2. The van der Waals surface area contributed by atoms with Gasteiger partial charge in [0, 0.05) is 13.6 Å². The molecule has 1 fully saturated rings. The minimum Gasteiger partial charge on any atom is -0.367 e. The molecule has 2 aromatic heterocycles. The summed E-state index contributed by atoms with van der Waals surface area (Å²) >= 11 is 0. The van der Waals surface area contributed by atoms with Crippen LogP contribution in [0.25, 0.3) is 17.0 Å². The summed E-state index contributed by atoms with van der Waals surface area (Å²) in [4.78, 5) is 56.4. The summed E-state index contributed by atoms with van der Waals surface area (Å²) in [5, 5.41) is 3.12. The Hall–Kier alpha value is -5.85. The van der Waals surface area contributed by atoms with E-state index < -0.39 is 6.04 Å². The lowest BCUT2D eigenvalue weighted by molar-refractivity contribution is -0.137. The second kappa shape index (κ2) is 16.3. The van der Waals surface area contributed by atoms with Crippen LogP contribution in [-0.4, -0.2) is 105 Å². The van der Waals surface area contributed by atoms with Crippen LogP contribution < -0.4 is 5.32 Å². The Morgan fingerprint density at radius 3 is 2.05 bits per heavy atom. The van der Waals surface area contributed by atoms with E-state index >= 15 is 0 Å². The minimum absolute atomic E-state index is 0.0901. The first-order valence-electron chi connectivity index (χ1n) is 18.8. The van der Waals surface area contributed by atoms with Crippen molar-refractivity contribution in [1.82, 2.24) is 44.9 Å². The zero-order valence-electron chi connectivity index (χ0n) is 32.4. The predicted octanol–water partition coefficient (Wildman–Crippen LogP) is 5.98. The molecule has 12 nitrogen and oxygen atoms in total. The first kappa shape index (κ1) is 37.5. The van der Waals surface area contributed by atoms with Crippen LogP contribution in [0.5, 0.6) is 0 Å². The molecule has 55 heavy (non-hydrogen) atoms. The lowest BCUT2D eigenvalue weighted by Crippen LogP contribution is -2.40. The van der Waals surface area contributed by atoms with Crippen LogP contribution in [0.1, 0.15) is 78.0 Å². The van der Waals surface area contributed by atoms with E-state index in [4.69, 9.17) is 9.98 Å². The molecular weight excluding hydrogens is 689 g/mol. The third-order valence-corrected chi connectivity index (χ3v) is 10.5. The monoisotopic (exact) mass is 738 g/mol. The Kier molecular flexibility index (Phi) is 11.1. The average molecular weight is 739 g/mol. The van der Waals surface area contributed by atoms with Gasteiger partial charge in [0.15, 0.2) is 0 Å². The highest BCUT2D eigenvalue weighted by molar-refractivity contribution is 6.02. The molecule has 4 atom stereocenters. The highest BCUT2D eigenvalue weighted by atomic mass is 16.2.